The van der Waals surface area contributed by atoms with Crippen LogP contribution in [0.25, 0.3) is 5.69 Å². The highest BCUT2D eigenvalue weighted by Crippen LogP contribution is 2.17. The van der Waals surface area contributed by atoms with Gasteiger partial charge >= 0.3 is 6.03 Å². The highest BCUT2D eigenvalue weighted by Gasteiger charge is 2.24. The van der Waals surface area contributed by atoms with Crippen LogP contribution in [0.5, 0.6) is 0 Å². The average molecular weight is 413 g/mol. The molecule has 156 valence electrons. The molecule has 10 heteroatoms. The molecule has 0 atom stereocenters. The van der Waals surface area contributed by atoms with Gasteiger partial charge in [0.05, 0.1) is 5.69 Å². The third-order valence-electron chi connectivity index (χ3n) is 4.92. The van der Waals surface area contributed by atoms with Crippen LogP contribution < -0.4 is 10.2 Å². The van der Waals surface area contributed by atoms with Gasteiger partial charge in [-0.3, -0.25) is 0 Å². The third kappa shape index (κ3) is 4.53. The van der Waals surface area contributed by atoms with Crippen molar-refractivity contribution >= 4 is 12.0 Å². The van der Waals surface area contributed by atoms with Crippen LogP contribution in [0.2, 0.25) is 0 Å². The molecule has 1 saturated heterocycles. The SMILES string of the molecule is O=C(NCCc1cc(F)cc(F)c1)N1CCN(c2nnnn2-c2ccccc2)CC1. The number of halogens is 2. The zero-order valence-corrected chi connectivity index (χ0v) is 16.2. The molecule has 0 radical (unpaired) electrons. The zero-order chi connectivity index (χ0) is 20.9. The third-order valence-corrected chi connectivity index (χ3v) is 4.92. The summed E-state index contributed by atoms with van der Waals surface area (Å²) in [7, 11) is 0. The van der Waals surface area contributed by atoms with Crippen molar-refractivity contribution in [2.24, 2.45) is 0 Å². The van der Waals surface area contributed by atoms with Gasteiger partial charge in [-0.25, -0.2) is 13.6 Å². The number of amides is 2. The quantitative estimate of drug-likeness (QED) is 0.692. The van der Waals surface area contributed by atoms with Gasteiger partial charge < -0.3 is 15.1 Å². The van der Waals surface area contributed by atoms with E-state index in [0.717, 1.165) is 11.8 Å². The molecular formula is C20H21F2N7O. The van der Waals surface area contributed by atoms with E-state index in [9.17, 15) is 13.6 Å². The summed E-state index contributed by atoms with van der Waals surface area (Å²) in [5.41, 5.74) is 1.37. The standard InChI is InChI=1S/C20H21F2N7O/c21-16-12-15(13-17(22)14-16)6-7-23-20(30)28-10-8-27(9-11-28)19-24-25-26-29(19)18-4-2-1-3-5-18/h1-5,12-14H,6-11H2,(H,23,30). The van der Waals surface area contributed by atoms with Crippen molar-refractivity contribution in [2.75, 3.05) is 37.6 Å². The van der Waals surface area contributed by atoms with Gasteiger partial charge in [0.15, 0.2) is 0 Å². The summed E-state index contributed by atoms with van der Waals surface area (Å²) in [6.45, 7) is 2.52. The molecule has 2 amide bonds. The lowest BCUT2D eigenvalue weighted by molar-refractivity contribution is 0.194. The lowest BCUT2D eigenvalue weighted by Crippen LogP contribution is -2.52. The molecule has 30 heavy (non-hydrogen) atoms. The Morgan fingerprint density at radius 2 is 1.70 bits per heavy atom. The Morgan fingerprint density at radius 1 is 1.00 bits per heavy atom. The summed E-state index contributed by atoms with van der Waals surface area (Å²) in [6.07, 6.45) is 0.353. The van der Waals surface area contributed by atoms with E-state index in [0.29, 0.717) is 50.7 Å². The van der Waals surface area contributed by atoms with E-state index in [2.05, 4.69) is 20.8 Å². The minimum absolute atomic E-state index is 0.200. The second kappa shape index (κ2) is 8.85. The predicted molar refractivity (Wildman–Crippen MR) is 106 cm³/mol. The first-order valence-electron chi connectivity index (χ1n) is 9.66. The van der Waals surface area contributed by atoms with Crippen molar-refractivity contribution in [3.63, 3.8) is 0 Å². The van der Waals surface area contributed by atoms with E-state index >= 15 is 0 Å². The van der Waals surface area contributed by atoms with Crippen molar-refractivity contribution in [3.05, 3.63) is 65.7 Å². The molecule has 1 aliphatic heterocycles. The molecule has 0 unspecified atom stereocenters. The fourth-order valence-electron chi connectivity index (χ4n) is 3.41. The molecule has 2 heterocycles. The first-order valence-corrected chi connectivity index (χ1v) is 9.66. The van der Waals surface area contributed by atoms with E-state index in [1.165, 1.54) is 12.1 Å². The fraction of sp³-hybridized carbons (Fsp3) is 0.300. The number of hydrogen-bond donors (Lipinski definition) is 1. The topological polar surface area (TPSA) is 79.2 Å². The second-order valence-electron chi connectivity index (χ2n) is 6.96. The largest absolute Gasteiger partial charge is 0.338 e. The molecule has 0 spiro atoms. The number of anilines is 1. The normalized spacial score (nSPS) is 14.1. The monoisotopic (exact) mass is 413 g/mol. The Hall–Kier alpha value is -3.56. The molecule has 1 aromatic heterocycles. The van der Waals surface area contributed by atoms with Gasteiger partial charge in [-0.2, -0.15) is 4.68 Å². The first-order chi connectivity index (χ1) is 14.6. The molecule has 4 rings (SSSR count). The average Bonchev–Trinajstić information content (AvgIpc) is 3.24. The summed E-state index contributed by atoms with van der Waals surface area (Å²) >= 11 is 0. The highest BCUT2D eigenvalue weighted by atomic mass is 19.1. The Kier molecular flexibility index (Phi) is 5.82. The van der Waals surface area contributed by atoms with E-state index in [4.69, 9.17) is 0 Å². The Balaban J connectivity index is 1.29. The van der Waals surface area contributed by atoms with Gasteiger partial charge in [0.1, 0.15) is 11.6 Å². The van der Waals surface area contributed by atoms with Gasteiger partial charge in [-0.15, -0.1) is 0 Å². The van der Waals surface area contributed by atoms with E-state index in [1.54, 1.807) is 9.58 Å². The number of piperazine rings is 1. The molecule has 0 bridgehead atoms. The second-order valence-corrected chi connectivity index (χ2v) is 6.96. The van der Waals surface area contributed by atoms with Crippen molar-refractivity contribution in [1.82, 2.24) is 30.4 Å². The number of nitrogens with one attached hydrogen (secondary N) is 1. The predicted octanol–water partition coefficient (Wildman–Crippen LogP) is 2.01. The Bertz CT molecular complexity index is 983. The lowest BCUT2D eigenvalue weighted by Gasteiger charge is -2.34. The Morgan fingerprint density at radius 3 is 2.40 bits per heavy atom. The molecule has 3 aromatic rings. The number of tetrazole rings is 1. The summed E-state index contributed by atoms with van der Waals surface area (Å²) < 4.78 is 28.2. The molecule has 1 fully saturated rings. The summed E-state index contributed by atoms with van der Waals surface area (Å²) in [4.78, 5) is 16.1. The van der Waals surface area contributed by atoms with E-state index < -0.39 is 11.6 Å². The highest BCUT2D eigenvalue weighted by molar-refractivity contribution is 5.74. The van der Waals surface area contributed by atoms with Gasteiger partial charge in [0.2, 0.25) is 5.95 Å². The number of nitrogens with zero attached hydrogens (tertiary/aromatic N) is 6. The lowest BCUT2D eigenvalue weighted by atomic mass is 10.1. The number of rotatable bonds is 5. The van der Waals surface area contributed by atoms with Crippen LogP contribution in [0, 0.1) is 11.6 Å². The number of carbonyl (C=O) groups is 1. The van der Waals surface area contributed by atoms with Crippen molar-refractivity contribution in [1.29, 1.82) is 0 Å². The fourth-order valence-corrected chi connectivity index (χ4v) is 3.41. The minimum Gasteiger partial charge on any atom is -0.338 e. The van der Waals surface area contributed by atoms with Crippen LogP contribution >= 0.6 is 0 Å². The first kappa shape index (κ1) is 19.7. The maximum Gasteiger partial charge on any atom is 0.317 e. The molecular weight excluding hydrogens is 392 g/mol. The number of benzene rings is 2. The number of carbonyl (C=O) groups excluding carboxylic acids is 1. The van der Waals surface area contributed by atoms with E-state index in [1.807, 2.05) is 35.2 Å². The maximum atomic E-state index is 13.2. The minimum atomic E-state index is -0.620. The van der Waals surface area contributed by atoms with Gasteiger partial charge in [-0.05, 0) is 46.7 Å². The van der Waals surface area contributed by atoms with Crippen LogP contribution in [-0.2, 0) is 6.42 Å². The van der Waals surface area contributed by atoms with Crippen LogP contribution in [0.15, 0.2) is 48.5 Å². The van der Waals surface area contributed by atoms with Crippen molar-refractivity contribution in [2.45, 2.75) is 6.42 Å². The summed E-state index contributed by atoms with van der Waals surface area (Å²) in [5.74, 6) is -0.607. The van der Waals surface area contributed by atoms with Gasteiger partial charge in [-0.1, -0.05) is 23.3 Å². The molecule has 0 saturated carbocycles. The number of urea groups is 1. The van der Waals surface area contributed by atoms with Crippen LogP contribution in [0.3, 0.4) is 0 Å². The Labute approximate surface area is 172 Å². The molecule has 8 nitrogen and oxygen atoms in total. The zero-order valence-electron chi connectivity index (χ0n) is 16.2. The summed E-state index contributed by atoms with van der Waals surface area (Å²) in [6, 6.07) is 12.8. The van der Waals surface area contributed by atoms with Crippen molar-refractivity contribution in [3.8, 4) is 5.69 Å². The molecule has 0 aliphatic carbocycles. The smallest absolute Gasteiger partial charge is 0.317 e. The van der Waals surface area contributed by atoms with Crippen LogP contribution in [0.4, 0.5) is 19.5 Å². The molecule has 1 aliphatic rings. The van der Waals surface area contributed by atoms with E-state index in [-0.39, 0.29) is 6.03 Å². The van der Waals surface area contributed by atoms with Crippen LogP contribution in [-0.4, -0.2) is 63.9 Å². The maximum absolute atomic E-state index is 13.2. The van der Waals surface area contributed by atoms with Crippen molar-refractivity contribution < 1.29 is 13.6 Å². The summed E-state index contributed by atoms with van der Waals surface area (Å²) in [5, 5.41) is 14.8. The number of aromatic nitrogens is 4. The number of para-hydroxylation sites is 1. The molecule has 2 aromatic carbocycles. The van der Waals surface area contributed by atoms with Gasteiger partial charge in [0.25, 0.3) is 0 Å². The van der Waals surface area contributed by atoms with Crippen LogP contribution in [0.1, 0.15) is 5.56 Å². The number of hydrogen-bond acceptors (Lipinski definition) is 5. The van der Waals surface area contributed by atoms with Gasteiger partial charge in [0, 0.05) is 38.8 Å². The molecule has 1 N–H and O–H groups in total.